The van der Waals surface area contributed by atoms with Gasteiger partial charge in [-0.05, 0) is 91.3 Å². The molecule has 2 saturated carbocycles. The van der Waals surface area contributed by atoms with Gasteiger partial charge in [0, 0.05) is 55.6 Å². The van der Waals surface area contributed by atoms with Gasteiger partial charge in [-0.2, -0.15) is 0 Å². The largest absolute Gasteiger partial charge is 0.335 e. The van der Waals surface area contributed by atoms with Crippen LogP contribution >= 0.6 is 0 Å². The number of hydrogen-bond donors (Lipinski definition) is 0. The lowest BCUT2D eigenvalue weighted by Gasteiger charge is -2.53. The number of fused-ring (bicyclic) bond motifs is 13. The molecule has 2 aliphatic carbocycles. The van der Waals surface area contributed by atoms with E-state index >= 15 is 0 Å². The van der Waals surface area contributed by atoms with E-state index in [-0.39, 0.29) is 28.6 Å². The Kier molecular flexibility index (Phi) is 5.91. The zero-order valence-corrected chi connectivity index (χ0v) is 34.2. The standard InChI is InChI=1S/C49H52BN3Si/c1-46-23-12-14-25-48(46,3)52(40-22-11-9-19-35(40)46)31-27-41-43-42(28-31)53-45-36(47(2)24-13-15-26-49(47,53)4)29-32(54(5,6)7)30-38(45)50(43)37-20-16-18-34-33-17-8-10-21-39(33)51(41)44(34)37/h8-11,16-22,27-30H,12-15,23-26H2,1-7H3. The van der Waals surface area contributed by atoms with Crippen LogP contribution < -0.4 is 31.4 Å². The van der Waals surface area contributed by atoms with Gasteiger partial charge < -0.3 is 14.4 Å². The predicted octanol–water partition coefficient (Wildman–Crippen LogP) is 9.96. The van der Waals surface area contributed by atoms with E-state index in [2.05, 4.69) is 153 Å². The Morgan fingerprint density at radius 3 is 2.00 bits per heavy atom. The van der Waals surface area contributed by atoms with Crippen molar-refractivity contribution in [2.75, 3.05) is 9.80 Å². The zero-order valence-electron chi connectivity index (χ0n) is 33.2. The number of para-hydroxylation sites is 3. The minimum absolute atomic E-state index is 0.00499. The van der Waals surface area contributed by atoms with Crippen molar-refractivity contribution in [3.05, 3.63) is 102 Å². The minimum atomic E-state index is -1.65. The first-order valence-corrected chi connectivity index (χ1v) is 24.5. The van der Waals surface area contributed by atoms with Gasteiger partial charge in [0.2, 0.25) is 0 Å². The fraction of sp³-hybridized carbons (Fsp3) is 0.388. The lowest BCUT2D eigenvalue weighted by molar-refractivity contribution is 0.194. The maximum atomic E-state index is 2.95. The lowest BCUT2D eigenvalue weighted by atomic mass is 9.33. The fourth-order valence-electron chi connectivity index (χ4n) is 13.4. The van der Waals surface area contributed by atoms with Crippen LogP contribution in [0.4, 0.5) is 22.7 Å². The number of rotatable bonds is 2. The van der Waals surface area contributed by atoms with Crippen LogP contribution in [0.5, 0.6) is 0 Å². The first-order valence-electron chi connectivity index (χ1n) is 21.0. The van der Waals surface area contributed by atoms with Crippen LogP contribution in [0, 0.1) is 0 Å². The van der Waals surface area contributed by atoms with Gasteiger partial charge in [-0.1, -0.05) is 131 Å². The SMILES string of the molecule is CC12CCCCC1(C)N(c1cc3c4c(c1)-n1c5ccccc5c5cccc(c51)B4c1cc([Si](C)(C)C)cc4c1N3C1(C)CCCCC41C)c1ccccc12. The third kappa shape index (κ3) is 3.46. The average molecular weight is 722 g/mol. The molecule has 6 aliphatic rings. The number of hydrogen-bond acceptors (Lipinski definition) is 2. The first kappa shape index (κ1) is 32.1. The van der Waals surface area contributed by atoms with Crippen molar-refractivity contribution in [2.45, 2.75) is 121 Å². The summed E-state index contributed by atoms with van der Waals surface area (Å²) >= 11 is 0. The van der Waals surface area contributed by atoms with Crippen LogP contribution in [0.15, 0.2) is 91.0 Å². The molecule has 4 atom stereocenters. The Morgan fingerprint density at radius 2 is 1.22 bits per heavy atom. The van der Waals surface area contributed by atoms with Gasteiger partial charge in [0.1, 0.15) is 0 Å². The third-order valence-electron chi connectivity index (χ3n) is 16.6. The molecule has 5 aromatic carbocycles. The second kappa shape index (κ2) is 9.95. The molecule has 0 amide bonds. The van der Waals surface area contributed by atoms with E-state index < -0.39 is 8.07 Å². The molecule has 5 heteroatoms. The maximum Gasteiger partial charge on any atom is 0.252 e. The molecule has 4 aliphatic heterocycles. The van der Waals surface area contributed by atoms with E-state index in [1.165, 1.54) is 112 Å². The van der Waals surface area contributed by atoms with E-state index in [1.807, 2.05) is 0 Å². The van der Waals surface area contributed by atoms with Crippen molar-refractivity contribution < 1.29 is 0 Å². The smallest absolute Gasteiger partial charge is 0.252 e. The molecule has 3 nitrogen and oxygen atoms in total. The predicted molar refractivity (Wildman–Crippen MR) is 234 cm³/mol. The highest BCUT2D eigenvalue weighted by Crippen LogP contribution is 2.64. The number of benzene rings is 5. The van der Waals surface area contributed by atoms with Crippen LogP contribution in [0.3, 0.4) is 0 Å². The van der Waals surface area contributed by atoms with E-state index in [0.717, 1.165) is 0 Å². The molecule has 12 rings (SSSR count). The molecule has 270 valence electrons. The van der Waals surface area contributed by atoms with Crippen LogP contribution in [0.25, 0.3) is 27.5 Å². The molecule has 4 unspecified atom stereocenters. The summed E-state index contributed by atoms with van der Waals surface area (Å²) in [6.45, 7) is 18.3. The molecule has 2 fully saturated rings. The summed E-state index contributed by atoms with van der Waals surface area (Å²) in [5.41, 5.74) is 17.8. The highest BCUT2D eigenvalue weighted by Gasteiger charge is 2.62. The number of anilines is 4. The summed E-state index contributed by atoms with van der Waals surface area (Å²) in [6.07, 6.45) is 10.1. The van der Waals surface area contributed by atoms with Gasteiger partial charge in [-0.3, -0.25) is 0 Å². The highest BCUT2D eigenvalue weighted by atomic mass is 28.3. The molecular formula is C49H52BN3Si. The molecule has 6 aromatic rings. The summed E-state index contributed by atoms with van der Waals surface area (Å²) < 4.78 is 2.69. The van der Waals surface area contributed by atoms with Crippen molar-refractivity contribution >= 4 is 80.9 Å². The van der Waals surface area contributed by atoms with Crippen LogP contribution in [0.1, 0.15) is 90.2 Å². The summed E-state index contributed by atoms with van der Waals surface area (Å²) in [5.74, 6) is 0. The van der Waals surface area contributed by atoms with Crippen molar-refractivity contribution in [1.82, 2.24) is 4.57 Å². The second-order valence-electron chi connectivity index (χ2n) is 20.0. The van der Waals surface area contributed by atoms with Crippen LogP contribution in [-0.4, -0.2) is 30.4 Å². The topological polar surface area (TPSA) is 11.4 Å². The summed E-state index contributed by atoms with van der Waals surface area (Å²) in [7, 11) is -1.65. The van der Waals surface area contributed by atoms with Crippen LogP contribution in [-0.2, 0) is 10.8 Å². The Bertz CT molecular complexity index is 2670. The molecule has 1 aromatic heterocycles. The van der Waals surface area contributed by atoms with Crippen molar-refractivity contribution in [2.24, 2.45) is 0 Å². The van der Waals surface area contributed by atoms with Gasteiger partial charge in [0.25, 0.3) is 6.71 Å². The summed E-state index contributed by atoms with van der Waals surface area (Å²) in [4.78, 5) is 5.78. The molecule has 0 radical (unpaired) electrons. The van der Waals surface area contributed by atoms with Gasteiger partial charge in [0.15, 0.2) is 0 Å². The highest BCUT2D eigenvalue weighted by molar-refractivity contribution is 7.01. The summed E-state index contributed by atoms with van der Waals surface area (Å²) in [5, 5.41) is 4.36. The maximum absolute atomic E-state index is 2.95. The van der Waals surface area contributed by atoms with Gasteiger partial charge >= 0.3 is 0 Å². The second-order valence-corrected chi connectivity index (χ2v) is 25.0. The molecule has 0 N–H and O–H groups in total. The van der Waals surface area contributed by atoms with Gasteiger partial charge in [-0.15, -0.1) is 0 Å². The normalized spacial score (nSPS) is 28.6. The van der Waals surface area contributed by atoms with E-state index in [1.54, 1.807) is 21.9 Å². The quantitative estimate of drug-likeness (QED) is 0.165. The zero-order chi connectivity index (χ0) is 36.7. The average Bonchev–Trinajstić information content (AvgIpc) is 3.69. The Balaban J connectivity index is 1.25. The molecule has 0 saturated heterocycles. The number of nitrogens with zero attached hydrogens (tertiary/aromatic N) is 3. The van der Waals surface area contributed by atoms with Crippen molar-refractivity contribution in [1.29, 1.82) is 0 Å². The number of aromatic nitrogens is 1. The van der Waals surface area contributed by atoms with Crippen molar-refractivity contribution in [3.8, 4) is 5.69 Å². The van der Waals surface area contributed by atoms with Crippen LogP contribution in [0.2, 0.25) is 19.6 Å². The molecule has 54 heavy (non-hydrogen) atoms. The molecular weight excluding hydrogens is 669 g/mol. The molecule has 0 bridgehead atoms. The minimum Gasteiger partial charge on any atom is -0.335 e. The Hall–Kier alpha value is -4.22. The fourth-order valence-corrected chi connectivity index (χ4v) is 14.6. The Morgan fingerprint density at radius 1 is 0.574 bits per heavy atom. The Labute approximate surface area is 322 Å². The molecule has 5 heterocycles. The van der Waals surface area contributed by atoms with E-state index in [4.69, 9.17) is 0 Å². The van der Waals surface area contributed by atoms with E-state index in [0.29, 0.717) is 0 Å². The van der Waals surface area contributed by atoms with Crippen molar-refractivity contribution in [3.63, 3.8) is 0 Å². The lowest BCUT2D eigenvalue weighted by Crippen LogP contribution is -2.64. The summed E-state index contributed by atoms with van der Waals surface area (Å²) in [6, 6.07) is 36.6. The monoisotopic (exact) mass is 721 g/mol. The van der Waals surface area contributed by atoms with Gasteiger partial charge in [0.05, 0.1) is 24.7 Å². The van der Waals surface area contributed by atoms with Gasteiger partial charge in [-0.25, -0.2) is 0 Å². The molecule has 0 spiro atoms. The van der Waals surface area contributed by atoms with E-state index in [9.17, 15) is 0 Å². The first-order chi connectivity index (χ1) is 25.9. The third-order valence-corrected chi connectivity index (χ3v) is 18.6.